The van der Waals surface area contributed by atoms with Crippen LogP contribution in [0.1, 0.15) is 51.4 Å². The normalized spacial score (nSPS) is 32.1. The highest BCUT2D eigenvalue weighted by atomic mass is 32.1. The molecule has 7 heteroatoms. The Labute approximate surface area is 167 Å². The highest BCUT2D eigenvalue weighted by Gasteiger charge is 2.39. The molecule has 3 atom stereocenters. The smallest absolute Gasteiger partial charge is 0.224 e. The first-order chi connectivity index (χ1) is 13.1. The minimum absolute atomic E-state index is 0.438. The molecule has 0 spiro atoms. The topological polar surface area (TPSA) is 65.1 Å². The van der Waals surface area contributed by atoms with Gasteiger partial charge in [0.05, 0.1) is 0 Å². The molecule has 1 aromatic rings. The number of fused-ring (bicyclic) bond motifs is 2. The monoisotopic (exact) mass is 388 g/mol. The lowest BCUT2D eigenvalue weighted by molar-refractivity contribution is 0.369. The second-order valence-corrected chi connectivity index (χ2v) is 9.13. The van der Waals surface area contributed by atoms with Crippen LogP contribution in [0.5, 0.6) is 0 Å². The predicted octanol–water partition coefficient (Wildman–Crippen LogP) is 2.92. The van der Waals surface area contributed by atoms with Gasteiger partial charge in [-0.25, -0.2) is 4.98 Å². The Morgan fingerprint density at radius 1 is 1.04 bits per heavy atom. The molecular weight excluding hydrogens is 356 g/mol. The van der Waals surface area contributed by atoms with Crippen molar-refractivity contribution in [3.05, 3.63) is 12.3 Å². The fraction of sp³-hybridized carbons (Fsp3) is 0.750. The zero-order valence-corrected chi connectivity index (χ0v) is 17.3. The Morgan fingerprint density at radius 3 is 2.48 bits per heavy atom. The van der Waals surface area contributed by atoms with Crippen LogP contribution in [0.3, 0.4) is 0 Å². The maximum atomic E-state index is 5.60. The number of thiocarbonyl (C=S) groups is 1. The van der Waals surface area contributed by atoms with Crippen LogP contribution >= 0.6 is 12.2 Å². The van der Waals surface area contributed by atoms with Crippen LogP contribution in [0.2, 0.25) is 0 Å². The summed E-state index contributed by atoms with van der Waals surface area (Å²) in [6.07, 6.45) is 11.8. The molecule has 1 aromatic heterocycles. The molecule has 0 saturated heterocycles. The molecule has 1 heterocycles. The molecule has 27 heavy (non-hydrogen) atoms. The zero-order chi connectivity index (χ0) is 18.8. The molecule has 4 rings (SSSR count). The molecule has 3 fully saturated rings. The van der Waals surface area contributed by atoms with Gasteiger partial charge in [-0.3, -0.25) is 0 Å². The van der Waals surface area contributed by atoms with E-state index in [1.165, 1.54) is 25.7 Å². The van der Waals surface area contributed by atoms with Crippen molar-refractivity contribution in [3.63, 3.8) is 0 Å². The first kappa shape index (κ1) is 18.7. The van der Waals surface area contributed by atoms with Crippen LogP contribution in [0.15, 0.2) is 12.3 Å². The van der Waals surface area contributed by atoms with Crippen LogP contribution in [-0.2, 0) is 0 Å². The molecule has 0 aliphatic heterocycles. The zero-order valence-electron chi connectivity index (χ0n) is 16.4. The van der Waals surface area contributed by atoms with E-state index in [2.05, 4.69) is 25.9 Å². The molecule has 0 radical (unpaired) electrons. The average molecular weight is 389 g/mol. The van der Waals surface area contributed by atoms with Gasteiger partial charge in [0.25, 0.3) is 0 Å². The SMILES string of the molecule is CN(C)c1ccnc(NC2CCC(NC(=S)NC3C[C@@H]4CC[C@H]3C4)CC2)n1. The van der Waals surface area contributed by atoms with Crippen molar-refractivity contribution in [2.45, 2.75) is 69.5 Å². The van der Waals surface area contributed by atoms with Gasteiger partial charge < -0.3 is 20.9 Å². The Morgan fingerprint density at radius 2 is 1.81 bits per heavy atom. The fourth-order valence-corrected chi connectivity index (χ4v) is 5.37. The van der Waals surface area contributed by atoms with Crippen LogP contribution in [0.4, 0.5) is 11.8 Å². The standard InChI is InChI=1S/C20H32N6S/c1-26(2)18-9-10-21-19(25-18)22-15-5-7-16(8-6-15)23-20(27)24-17-12-13-3-4-14(17)11-13/h9-10,13-17H,3-8,11-12H2,1-2H3,(H,21,22,25)(H2,23,24,27)/t13-,14+,15?,16?,17?/m1/s1. The second kappa shape index (κ2) is 8.17. The first-order valence-electron chi connectivity index (χ1n) is 10.4. The largest absolute Gasteiger partial charge is 0.363 e. The van der Waals surface area contributed by atoms with Crippen molar-refractivity contribution >= 4 is 29.1 Å². The van der Waals surface area contributed by atoms with Crippen molar-refractivity contribution in [3.8, 4) is 0 Å². The van der Waals surface area contributed by atoms with Crippen molar-refractivity contribution in [2.24, 2.45) is 11.8 Å². The fourth-order valence-electron chi connectivity index (χ4n) is 5.05. The maximum Gasteiger partial charge on any atom is 0.224 e. The van der Waals surface area contributed by atoms with Gasteiger partial charge in [-0.05, 0) is 75.1 Å². The van der Waals surface area contributed by atoms with E-state index >= 15 is 0 Å². The summed E-state index contributed by atoms with van der Waals surface area (Å²) in [5.41, 5.74) is 0. The van der Waals surface area contributed by atoms with Crippen LogP contribution in [-0.4, -0.2) is 47.3 Å². The van der Waals surface area contributed by atoms with E-state index in [0.717, 1.165) is 54.4 Å². The van der Waals surface area contributed by atoms with E-state index in [-0.39, 0.29) is 0 Å². The van der Waals surface area contributed by atoms with E-state index in [1.54, 1.807) is 0 Å². The van der Waals surface area contributed by atoms with Crippen LogP contribution < -0.4 is 20.9 Å². The molecule has 0 aromatic carbocycles. The lowest BCUT2D eigenvalue weighted by Crippen LogP contribution is -2.49. The van der Waals surface area contributed by atoms with Crippen LogP contribution in [0, 0.1) is 11.8 Å². The molecule has 3 aliphatic rings. The number of hydrogen-bond acceptors (Lipinski definition) is 5. The Hall–Kier alpha value is -1.63. The minimum Gasteiger partial charge on any atom is -0.363 e. The average Bonchev–Trinajstić information content (AvgIpc) is 3.26. The quantitative estimate of drug-likeness (QED) is 0.670. The highest BCUT2D eigenvalue weighted by molar-refractivity contribution is 7.80. The molecule has 3 saturated carbocycles. The minimum atomic E-state index is 0.438. The summed E-state index contributed by atoms with van der Waals surface area (Å²) < 4.78 is 0. The summed E-state index contributed by atoms with van der Waals surface area (Å²) >= 11 is 5.60. The van der Waals surface area contributed by atoms with Crippen molar-refractivity contribution in [2.75, 3.05) is 24.3 Å². The molecular formula is C20H32N6S. The van der Waals surface area contributed by atoms with Gasteiger partial charge in [-0.2, -0.15) is 4.98 Å². The Bertz CT molecular complexity index is 658. The van der Waals surface area contributed by atoms with Crippen molar-refractivity contribution in [1.29, 1.82) is 0 Å². The van der Waals surface area contributed by atoms with Gasteiger partial charge in [0, 0.05) is 38.4 Å². The molecule has 6 nitrogen and oxygen atoms in total. The van der Waals surface area contributed by atoms with E-state index in [1.807, 2.05) is 31.3 Å². The third-order valence-corrected chi connectivity index (χ3v) is 6.78. The maximum absolute atomic E-state index is 5.60. The lowest BCUT2D eigenvalue weighted by Gasteiger charge is -2.32. The number of hydrogen-bond donors (Lipinski definition) is 3. The highest BCUT2D eigenvalue weighted by Crippen LogP contribution is 2.44. The second-order valence-electron chi connectivity index (χ2n) is 8.72. The summed E-state index contributed by atoms with van der Waals surface area (Å²) in [7, 11) is 3.99. The van der Waals surface area contributed by atoms with Gasteiger partial charge in [-0.15, -0.1) is 0 Å². The van der Waals surface area contributed by atoms with E-state index < -0.39 is 0 Å². The van der Waals surface area contributed by atoms with Gasteiger partial charge >= 0.3 is 0 Å². The Balaban J connectivity index is 1.20. The van der Waals surface area contributed by atoms with Crippen molar-refractivity contribution in [1.82, 2.24) is 20.6 Å². The van der Waals surface area contributed by atoms with Crippen molar-refractivity contribution < 1.29 is 0 Å². The number of aromatic nitrogens is 2. The third-order valence-electron chi connectivity index (χ3n) is 6.55. The summed E-state index contributed by atoms with van der Waals surface area (Å²) in [6.45, 7) is 0. The number of rotatable bonds is 5. The molecule has 2 bridgehead atoms. The lowest BCUT2D eigenvalue weighted by atomic mass is 9.91. The van der Waals surface area contributed by atoms with Gasteiger partial charge in [0.1, 0.15) is 5.82 Å². The first-order valence-corrected chi connectivity index (χ1v) is 10.8. The summed E-state index contributed by atoms with van der Waals surface area (Å²) in [5.74, 6) is 3.46. The number of nitrogens with one attached hydrogen (secondary N) is 3. The van der Waals surface area contributed by atoms with E-state index in [0.29, 0.717) is 18.1 Å². The van der Waals surface area contributed by atoms with E-state index in [4.69, 9.17) is 12.2 Å². The Kier molecular flexibility index (Phi) is 5.66. The molecule has 148 valence electrons. The molecule has 0 amide bonds. The molecule has 3 N–H and O–H groups in total. The van der Waals surface area contributed by atoms with Gasteiger partial charge in [-0.1, -0.05) is 6.42 Å². The molecule has 1 unspecified atom stereocenters. The van der Waals surface area contributed by atoms with Gasteiger partial charge in [0.2, 0.25) is 5.95 Å². The van der Waals surface area contributed by atoms with E-state index in [9.17, 15) is 0 Å². The van der Waals surface area contributed by atoms with Crippen LogP contribution in [0.25, 0.3) is 0 Å². The summed E-state index contributed by atoms with van der Waals surface area (Å²) in [6, 6.07) is 3.46. The predicted molar refractivity (Wildman–Crippen MR) is 114 cm³/mol. The summed E-state index contributed by atoms with van der Waals surface area (Å²) in [4.78, 5) is 10.9. The number of anilines is 2. The molecule has 3 aliphatic carbocycles. The third kappa shape index (κ3) is 4.62. The summed E-state index contributed by atoms with van der Waals surface area (Å²) in [5, 5.41) is 11.5. The van der Waals surface area contributed by atoms with Gasteiger partial charge in [0.15, 0.2) is 5.11 Å². The number of nitrogens with zero attached hydrogens (tertiary/aromatic N) is 3.